The molecule has 0 heterocycles. The van der Waals surface area contributed by atoms with Crippen molar-refractivity contribution in [3.05, 3.63) is 81.3 Å². The van der Waals surface area contributed by atoms with Gasteiger partial charge in [0.2, 0.25) is 0 Å². The summed E-state index contributed by atoms with van der Waals surface area (Å²) in [6, 6.07) is 16.9. The van der Waals surface area contributed by atoms with E-state index >= 15 is 0 Å². The summed E-state index contributed by atoms with van der Waals surface area (Å²) in [5.41, 5.74) is 4.02. The molecule has 0 saturated heterocycles. The lowest BCUT2D eigenvalue weighted by Gasteiger charge is -2.14. The van der Waals surface area contributed by atoms with E-state index < -0.39 is 15.9 Å². The Balaban J connectivity index is 1.70. The minimum atomic E-state index is -3.27. The van der Waals surface area contributed by atoms with Crippen molar-refractivity contribution in [2.75, 3.05) is 11.1 Å². The monoisotopic (exact) mass is 543 g/mol. The molecule has 0 bridgehead atoms. The van der Waals surface area contributed by atoms with Crippen molar-refractivity contribution in [3.63, 3.8) is 0 Å². The molecule has 3 aromatic carbocycles. The smallest absolute Gasteiger partial charge is 0.319 e. The van der Waals surface area contributed by atoms with Gasteiger partial charge in [0.05, 0.1) is 32.3 Å². The molecule has 2 amide bonds. The van der Waals surface area contributed by atoms with E-state index in [0.717, 1.165) is 23.1 Å². The molecular formula is C27H27Cl2N3O3S. The van der Waals surface area contributed by atoms with Crippen molar-refractivity contribution in [1.29, 1.82) is 5.26 Å². The van der Waals surface area contributed by atoms with Crippen LogP contribution in [0.15, 0.2) is 59.5 Å². The summed E-state index contributed by atoms with van der Waals surface area (Å²) in [6.45, 7) is 5.99. The van der Waals surface area contributed by atoms with Crippen molar-refractivity contribution in [3.8, 4) is 17.2 Å². The average Bonchev–Trinajstić information content (AvgIpc) is 2.83. The fourth-order valence-electron chi connectivity index (χ4n) is 3.71. The maximum Gasteiger partial charge on any atom is 0.319 e. The number of nitriles is 1. The van der Waals surface area contributed by atoms with Gasteiger partial charge in [0.15, 0.2) is 9.84 Å². The van der Waals surface area contributed by atoms with Crippen LogP contribution >= 0.6 is 23.2 Å². The van der Waals surface area contributed by atoms with Crippen molar-refractivity contribution in [2.45, 2.75) is 38.6 Å². The molecular weight excluding hydrogens is 517 g/mol. The number of anilines is 1. The lowest BCUT2D eigenvalue weighted by Crippen LogP contribution is -2.28. The topological polar surface area (TPSA) is 99.1 Å². The van der Waals surface area contributed by atoms with Gasteiger partial charge in [-0.25, -0.2) is 13.2 Å². The Morgan fingerprint density at radius 3 is 2.22 bits per heavy atom. The van der Waals surface area contributed by atoms with E-state index in [0.29, 0.717) is 32.8 Å². The van der Waals surface area contributed by atoms with Gasteiger partial charge >= 0.3 is 6.03 Å². The summed E-state index contributed by atoms with van der Waals surface area (Å²) >= 11 is 13.0. The summed E-state index contributed by atoms with van der Waals surface area (Å²) in [6.07, 6.45) is 0.796. The van der Waals surface area contributed by atoms with Crippen molar-refractivity contribution in [2.24, 2.45) is 5.92 Å². The van der Waals surface area contributed by atoms with E-state index in [1.54, 1.807) is 37.3 Å². The Hall–Kier alpha value is -3.05. The second-order valence-electron chi connectivity index (χ2n) is 8.75. The van der Waals surface area contributed by atoms with Gasteiger partial charge in [-0.05, 0) is 59.4 Å². The van der Waals surface area contributed by atoms with E-state index in [9.17, 15) is 18.5 Å². The molecule has 0 aliphatic carbocycles. The van der Waals surface area contributed by atoms with Crippen molar-refractivity contribution in [1.82, 2.24) is 5.32 Å². The first-order valence-corrected chi connectivity index (χ1v) is 13.8. The van der Waals surface area contributed by atoms with Crippen molar-refractivity contribution >= 4 is 44.8 Å². The van der Waals surface area contributed by atoms with Crippen LogP contribution in [0.3, 0.4) is 0 Å². The van der Waals surface area contributed by atoms with Crippen LogP contribution in [0.4, 0.5) is 10.5 Å². The number of halogens is 2. The minimum Gasteiger partial charge on any atom is -0.334 e. The number of rotatable bonds is 8. The lowest BCUT2D eigenvalue weighted by molar-refractivity contribution is 0.251. The zero-order valence-electron chi connectivity index (χ0n) is 20.2. The predicted molar refractivity (Wildman–Crippen MR) is 145 cm³/mol. The highest BCUT2D eigenvalue weighted by Crippen LogP contribution is 2.38. The number of urea groups is 1. The van der Waals surface area contributed by atoms with Crippen LogP contribution in [0.2, 0.25) is 10.0 Å². The highest BCUT2D eigenvalue weighted by molar-refractivity contribution is 7.91. The van der Waals surface area contributed by atoms with Gasteiger partial charge in [0.1, 0.15) is 0 Å². The number of hydrogen-bond acceptors (Lipinski definition) is 4. The fraction of sp³-hybridized carbons (Fsp3) is 0.259. The molecule has 0 unspecified atom stereocenters. The third-order valence-electron chi connectivity index (χ3n) is 5.56. The molecule has 0 spiro atoms. The fourth-order valence-corrected chi connectivity index (χ4v) is 5.30. The van der Waals surface area contributed by atoms with E-state index in [1.807, 2.05) is 12.1 Å². The van der Waals surface area contributed by atoms with Crippen LogP contribution in [0.1, 0.15) is 37.5 Å². The molecule has 0 fully saturated rings. The molecule has 36 heavy (non-hydrogen) atoms. The molecule has 2 N–H and O–H groups in total. The molecule has 9 heteroatoms. The van der Waals surface area contributed by atoms with E-state index in [-0.39, 0.29) is 17.2 Å². The normalized spacial score (nSPS) is 11.2. The second kappa shape index (κ2) is 11.8. The molecule has 0 saturated carbocycles. The first-order valence-electron chi connectivity index (χ1n) is 11.4. The maximum atomic E-state index is 12.4. The highest BCUT2D eigenvalue weighted by Gasteiger charge is 2.15. The third kappa shape index (κ3) is 6.79. The SMILES string of the molecule is CCS(=O)(=O)c1ccc(CNC(=O)Nc2cc(Cl)c(-c3ccc(CC(C)C)c(C#N)c3)c(Cl)c2)cc1. The number of nitrogens with zero attached hydrogens (tertiary/aromatic N) is 1. The largest absolute Gasteiger partial charge is 0.334 e. The van der Waals surface area contributed by atoms with E-state index in [2.05, 4.69) is 30.6 Å². The summed E-state index contributed by atoms with van der Waals surface area (Å²) < 4.78 is 23.8. The van der Waals surface area contributed by atoms with Crippen LogP contribution in [-0.4, -0.2) is 20.2 Å². The van der Waals surface area contributed by atoms with Crippen molar-refractivity contribution < 1.29 is 13.2 Å². The van der Waals surface area contributed by atoms with E-state index in [1.165, 1.54) is 12.1 Å². The van der Waals surface area contributed by atoms with E-state index in [4.69, 9.17) is 23.2 Å². The number of carbonyl (C=O) groups is 1. The Morgan fingerprint density at radius 1 is 1.03 bits per heavy atom. The van der Waals surface area contributed by atoms with Crippen LogP contribution in [0, 0.1) is 17.2 Å². The molecule has 0 aliphatic heterocycles. The zero-order valence-corrected chi connectivity index (χ0v) is 22.6. The number of hydrogen-bond donors (Lipinski definition) is 2. The third-order valence-corrected chi connectivity index (χ3v) is 7.91. The van der Waals surface area contributed by atoms with Gasteiger partial charge in [-0.1, -0.05) is 68.2 Å². The molecule has 3 rings (SSSR count). The quantitative estimate of drug-likeness (QED) is 0.324. The van der Waals surface area contributed by atoms with Gasteiger partial charge in [-0.3, -0.25) is 0 Å². The molecule has 0 aromatic heterocycles. The standard InChI is InChI=1S/C27H27Cl2N3O3S/c1-4-36(34,35)23-9-5-18(6-10-23)16-31-27(33)32-22-13-24(28)26(25(29)14-22)20-8-7-19(11-17(2)3)21(12-20)15-30/h5-10,12-14,17H,4,11,16H2,1-3H3,(H2,31,32,33). The summed E-state index contributed by atoms with van der Waals surface area (Å²) in [5.74, 6) is 0.447. The second-order valence-corrected chi connectivity index (χ2v) is 11.8. The van der Waals surface area contributed by atoms with Crippen LogP contribution in [-0.2, 0) is 22.8 Å². The van der Waals surface area contributed by atoms with Crippen LogP contribution < -0.4 is 10.6 Å². The average molecular weight is 545 g/mol. The Morgan fingerprint density at radius 2 is 1.67 bits per heavy atom. The van der Waals surface area contributed by atoms with Gasteiger partial charge in [0.25, 0.3) is 0 Å². The Kier molecular flexibility index (Phi) is 9.02. The van der Waals surface area contributed by atoms with Gasteiger partial charge < -0.3 is 10.6 Å². The number of carbonyl (C=O) groups excluding carboxylic acids is 1. The first-order chi connectivity index (χ1) is 17.0. The summed E-state index contributed by atoms with van der Waals surface area (Å²) in [7, 11) is -3.27. The summed E-state index contributed by atoms with van der Waals surface area (Å²) in [4.78, 5) is 12.7. The molecule has 0 atom stereocenters. The minimum absolute atomic E-state index is 0.0276. The maximum absolute atomic E-state index is 12.4. The van der Waals surface area contributed by atoms with Gasteiger partial charge in [-0.2, -0.15) is 5.26 Å². The van der Waals surface area contributed by atoms with Gasteiger partial charge in [-0.15, -0.1) is 0 Å². The number of sulfone groups is 1. The molecule has 6 nitrogen and oxygen atoms in total. The lowest BCUT2D eigenvalue weighted by atomic mass is 9.94. The van der Waals surface area contributed by atoms with Gasteiger partial charge in [0, 0.05) is 17.8 Å². The zero-order chi connectivity index (χ0) is 26.5. The molecule has 0 aliphatic rings. The number of amides is 2. The van der Waals surface area contributed by atoms with Crippen LogP contribution in [0.25, 0.3) is 11.1 Å². The Bertz CT molecular complexity index is 1390. The highest BCUT2D eigenvalue weighted by atomic mass is 35.5. The predicted octanol–water partition coefficient (Wildman–Crippen LogP) is 6.85. The Labute approximate surface area is 222 Å². The molecule has 0 radical (unpaired) electrons. The number of nitrogens with one attached hydrogen (secondary N) is 2. The van der Waals surface area contributed by atoms with Crippen LogP contribution in [0.5, 0.6) is 0 Å². The summed E-state index contributed by atoms with van der Waals surface area (Å²) in [5, 5.41) is 15.7. The molecule has 188 valence electrons. The first kappa shape index (κ1) is 27.5. The molecule has 3 aromatic rings. The number of benzene rings is 3.